The third-order valence-corrected chi connectivity index (χ3v) is 3.67. The third kappa shape index (κ3) is 5.48. The van der Waals surface area contributed by atoms with Gasteiger partial charge in [0.1, 0.15) is 5.75 Å². The van der Waals surface area contributed by atoms with Gasteiger partial charge in [0.05, 0.1) is 26.2 Å². The van der Waals surface area contributed by atoms with Crippen molar-refractivity contribution in [1.82, 2.24) is 10.2 Å². The van der Waals surface area contributed by atoms with Gasteiger partial charge in [-0.3, -0.25) is 4.79 Å². The number of ether oxygens (including phenoxy) is 2. The van der Waals surface area contributed by atoms with E-state index >= 15 is 0 Å². The fourth-order valence-corrected chi connectivity index (χ4v) is 2.40. The molecular formula is C16H25ClN2O3. The lowest BCUT2D eigenvalue weighted by Gasteiger charge is -2.27. The molecular weight excluding hydrogens is 304 g/mol. The molecule has 5 nitrogen and oxygen atoms in total. The Balaban J connectivity index is 0.00000242. The minimum absolute atomic E-state index is 0. The van der Waals surface area contributed by atoms with Crippen molar-refractivity contribution in [3.05, 3.63) is 29.8 Å². The lowest BCUT2D eigenvalue weighted by atomic mass is 10.1. The molecule has 0 radical (unpaired) electrons. The van der Waals surface area contributed by atoms with Crippen LogP contribution < -0.4 is 10.1 Å². The molecule has 1 unspecified atom stereocenters. The van der Waals surface area contributed by atoms with E-state index in [1.165, 1.54) is 0 Å². The first kappa shape index (κ1) is 18.7. The molecule has 1 N–H and O–H groups in total. The second-order valence-corrected chi connectivity index (χ2v) is 5.16. The fraction of sp³-hybridized carbons (Fsp3) is 0.562. The topological polar surface area (TPSA) is 50.8 Å². The molecule has 124 valence electrons. The SMILES string of the molecule is CCN(Cc1ccc(OC)cc1)C(=O)CC1CNCCO1.Cl. The van der Waals surface area contributed by atoms with Crippen molar-refractivity contribution in [2.45, 2.75) is 26.0 Å². The average molecular weight is 329 g/mol. The van der Waals surface area contributed by atoms with Crippen molar-refractivity contribution >= 4 is 18.3 Å². The first-order valence-electron chi connectivity index (χ1n) is 7.46. The van der Waals surface area contributed by atoms with Gasteiger partial charge in [-0.1, -0.05) is 12.1 Å². The minimum Gasteiger partial charge on any atom is -0.497 e. The van der Waals surface area contributed by atoms with Crippen LogP contribution in [0, 0.1) is 0 Å². The molecule has 0 aliphatic carbocycles. The molecule has 22 heavy (non-hydrogen) atoms. The monoisotopic (exact) mass is 328 g/mol. The molecule has 1 aliphatic heterocycles. The normalized spacial score (nSPS) is 17.5. The largest absolute Gasteiger partial charge is 0.497 e. The highest BCUT2D eigenvalue weighted by Crippen LogP contribution is 2.14. The van der Waals surface area contributed by atoms with Crippen LogP contribution in [0.15, 0.2) is 24.3 Å². The Morgan fingerprint density at radius 3 is 2.68 bits per heavy atom. The third-order valence-electron chi connectivity index (χ3n) is 3.67. The van der Waals surface area contributed by atoms with Gasteiger partial charge in [-0.25, -0.2) is 0 Å². The maximum atomic E-state index is 12.4. The lowest BCUT2D eigenvalue weighted by molar-refractivity contribution is -0.135. The summed E-state index contributed by atoms with van der Waals surface area (Å²) < 4.78 is 10.7. The molecule has 0 spiro atoms. The number of benzene rings is 1. The van der Waals surface area contributed by atoms with E-state index in [9.17, 15) is 4.79 Å². The van der Waals surface area contributed by atoms with E-state index in [0.717, 1.165) is 24.4 Å². The van der Waals surface area contributed by atoms with E-state index in [1.807, 2.05) is 36.1 Å². The Labute approximate surface area is 138 Å². The highest BCUT2D eigenvalue weighted by Gasteiger charge is 2.20. The molecule has 1 atom stereocenters. The van der Waals surface area contributed by atoms with E-state index in [-0.39, 0.29) is 24.4 Å². The van der Waals surface area contributed by atoms with Crippen LogP contribution in [0.3, 0.4) is 0 Å². The van der Waals surface area contributed by atoms with Crippen LogP contribution in [0.25, 0.3) is 0 Å². The first-order valence-corrected chi connectivity index (χ1v) is 7.46. The molecule has 0 bridgehead atoms. The lowest BCUT2D eigenvalue weighted by Crippen LogP contribution is -2.42. The maximum absolute atomic E-state index is 12.4. The van der Waals surface area contributed by atoms with Gasteiger partial charge in [-0.15, -0.1) is 12.4 Å². The maximum Gasteiger partial charge on any atom is 0.225 e. The summed E-state index contributed by atoms with van der Waals surface area (Å²) in [5.74, 6) is 0.969. The summed E-state index contributed by atoms with van der Waals surface area (Å²) in [7, 11) is 1.65. The van der Waals surface area contributed by atoms with Crippen LogP contribution in [0.5, 0.6) is 5.75 Å². The standard InChI is InChI=1S/C16H24N2O3.ClH/c1-3-18(12-13-4-6-14(20-2)7-5-13)16(19)10-15-11-17-8-9-21-15;/h4-7,15,17H,3,8-12H2,1-2H3;1H. The molecule has 1 fully saturated rings. The molecule has 1 aromatic carbocycles. The summed E-state index contributed by atoms with van der Waals surface area (Å²) in [6.45, 7) is 5.63. The van der Waals surface area contributed by atoms with Crippen molar-refractivity contribution in [1.29, 1.82) is 0 Å². The van der Waals surface area contributed by atoms with E-state index in [2.05, 4.69) is 5.32 Å². The van der Waals surface area contributed by atoms with Crippen LogP contribution in [0.2, 0.25) is 0 Å². The summed E-state index contributed by atoms with van der Waals surface area (Å²) >= 11 is 0. The van der Waals surface area contributed by atoms with Gasteiger partial charge in [0, 0.05) is 26.2 Å². The number of nitrogens with one attached hydrogen (secondary N) is 1. The van der Waals surface area contributed by atoms with E-state index in [1.54, 1.807) is 7.11 Å². The zero-order valence-electron chi connectivity index (χ0n) is 13.2. The van der Waals surface area contributed by atoms with Gasteiger partial charge in [0.15, 0.2) is 0 Å². The molecule has 0 aromatic heterocycles. The second kappa shape index (κ2) is 9.66. The van der Waals surface area contributed by atoms with Gasteiger partial charge in [0.2, 0.25) is 5.91 Å². The van der Waals surface area contributed by atoms with Crippen LogP contribution in [-0.2, 0) is 16.1 Å². The predicted molar refractivity (Wildman–Crippen MR) is 88.6 cm³/mol. The number of hydrogen-bond donors (Lipinski definition) is 1. The van der Waals surface area contributed by atoms with Crippen LogP contribution in [0.1, 0.15) is 18.9 Å². The molecule has 1 aliphatic rings. The summed E-state index contributed by atoms with van der Waals surface area (Å²) in [4.78, 5) is 14.2. The Kier molecular flexibility index (Phi) is 8.24. The zero-order chi connectivity index (χ0) is 15.1. The predicted octanol–water partition coefficient (Wildman–Crippen LogP) is 1.84. The number of morpholine rings is 1. The van der Waals surface area contributed by atoms with Crippen molar-refractivity contribution in [2.75, 3.05) is 33.4 Å². The number of carbonyl (C=O) groups is 1. The highest BCUT2D eigenvalue weighted by atomic mass is 35.5. The Bertz CT molecular complexity index is 447. The van der Waals surface area contributed by atoms with E-state index < -0.39 is 0 Å². The average Bonchev–Trinajstić information content (AvgIpc) is 2.54. The van der Waals surface area contributed by atoms with E-state index in [0.29, 0.717) is 26.1 Å². The quantitative estimate of drug-likeness (QED) is 0.866. The summed E-state index contributed by atoms with van der Waals surface area (Å²) in [6.07, 6.45) is 0.438. The molecule has 1 saturated heterocycles. The smallest absolute Gasteiger partial charge is 0.225 e. The number of amides is 1. The summed E-state index contributed by atoms with van der Waals surface area (Å²) in [5, 5.41) is 3.25. The van der Waals surface area contributed by atoms with Crippen molar-refractivity contribution < 1.29 is 14.3 Å². The van der Waals surface area contributed by atoms with Crippen molar-refractivity contribution in [2.24, 2.45) is 0 Å². The van der Waals surface area contributed by atoms with E-state index in [4.69, 9.17) is 9.47 Å². The Morgan fingerprint density at radius 1 is 1.41 bits per heavy atom. The number of methoxy groups -OCH3 is 1. The van der Waals surface area contributed by atoms with Gasteiger partial charge < -0.3 is 19.7 Å². The van der Waals surface area contributed by atoms with Gasteiger partial charge in [-0.05, 0) is 24.6 Å². The fourth-order valence-electron chi connectivity index (χ4n) is 2.40. The van der Waals surface area contributed by atoms with Crippen LogP contribution >= 0.6 is 12.4 Å². The first-order chi connectivity index (χ1) is 10.2. The Hall–Kier alpha value is -1.30. The van der Waals surface area contributed by atoms with Crippen LogP contribution in [-0.4, -0.2) is 50.3 Å². The number of halogens is 1. The molecule has 1 amide bonds. The number of rotatable bonds is 6. The number of nitrogens with zero attached hydrogens (tertiary/aromatic N) is 1. The highest BCUT2D eigenvalue weighted by molar-refractivity contribution is 5.85. The molecule has 6 heteroatoms. The number of carbonyl (C=O) groups excluding carboxylic acids is 1. The van der Waals surface area contributed by atoms with Crippen LogP contribution in [0.4, 0.5) is 0 Å². The minimum atomic E-state index is -0.00355. The molecule has 1 heterocycles. The van der Waals surface area contributed by atoms with Crippen molar-refractivity contribution in [3.63, 3.8) is 0 Å². The molecule has 0 saturated carbocycles. The molecule has 2 rings (SSSR count). The number of hydrogen-bond acceptors (Lipinski definition) is 4. The Morgan fingerprint density at radius 2 is 2.14 bits per heavy atom. The van der Waals surface area contributed by atoms with Gasteiger partial charge in [-0.2, -0.15) is 0 Å². The molecule has 1 aromatic rings. The van der Waals surface area contributed by atoms with Gasteiger partial charge >= 0.3 is 0 Å². The van der Waals surface area contributed by atoms with Crippen molar-refractivity contribution in [3.8, 4) is 5.75 Å². The zero-order valence-corrected chi connectivity index (χ0v) is 14.0. The van der Waals surface area contributed by atoms with Gasteiger partial charge in [0.25, 0.3) is 0 Å². The summed E-state index contributed by atoms with van der Waals surface area (Å²) in [6, 6.07) is 7.82. The second-order valence-electron chi connectivity index (χ2n) is 5.16. The summed E-state index contributed by atoms with van der Waals surface area (Å²) in [5.41, 5.74) is 1.11.